The Bertz CT molecular complexity index is 441. The molecule has 0 saturated carbocycles. The van der Waals surface area contributed by atoms with E-state index in [1.54, 1.807) is 30.4 Å². The van der Waals surface area contributed by atoms with E-state index in [-0.39, 0.29) is 0 Å². The summed E-state index contributed by atoms with van der Waals surface area (Å²) < 4.78 is 2.98. The highest BCUT2D eigenvalue weighted by atomic mass is 79.9. The summed E-state index contributed by atoms with van der Waals surface area (Å²) in [6.45, 7) is 0. The van der Waals surface area contributed by atoms with E-state index in [9.17, 15) is 0 Å². The fraction of sp³-hybridized carbons (Fsp3) is 0.111. The molecule has 0 aliphatic carbocycles. The zero-order valence-electron chi connectivity index (χ0n) is 7.51. The Morgan fingerprint density at radius 1 is 1.43 bits per heavy atom. The summed E-state index contributed by atoms with van der Waals surface area (Å²) in [6.07, 6.45) is 7.27. The van der Waals surface area contributed by atoms with E-state index < -0.39 is 0 Å². The first-order valence-electron chi connectivity index (χ1n) is 4.02. The number of hydrogen-bond acceptors (Lipinski definition) is 3. The van der Waals surface area contributed by atoms with Gasteiger partial charge in [-0.15, -0.1) is 0 Å². The molecule has 0 amide bonds. The molecule has 0 bridgehead atoms. The highest BCUT2D eigenvalue weighted by molar-refractivity contribution is 9.10. The maximum Gasteiger partial charge on any atom is 0.172 e. The molecule has 2 aromatic heterocycles. The highest BCUT2D eigenvalue weighted by Gasteiger charge is 2.05. The van der Waals surface area contributed by atoms with Crippen molar-refractivity contribution in [3.05, 3.63) is 35.3 Å². The Balaban J connectivity index is 2.28. The van der Waals surface area contributed by atoms with Crippen molar-refractivity contribution in [2.75, 3.05) is 0 Å². The SMILES string of the molecule is Cn1ccnc1Sc1ccncc1Br. The molecule has 2 heterocycles. The normalized spacial score (nSPS) is 10.4. The van der Waals surface area contributed by atoms with Crippen LogP contribution in [0, 0.1) is 0 Å². The van der Waals surface area contributed by atoms with Gasteiger partial charge in [-0.05, 0) is 22.0 Å². The molecular weight excluding hydrogens is 262 g/mol. The first-order chi connectivity index (χ1) is 6.77. The smallest absolute Gasteiger partial charge is 0.172 e. The molecule has 2 rings (SSSR count). The van der Waals surface area contributed by atoms with E-state index in [2.05, 4.69) is 25.9 Å². The van der Waals surface area contributed by atoms with Crippen LogP contribution in [-0.4, -0.2) is 14.5 Å². The van der Waals surface area contributed by atoms with Gasteiger partial charge in [-0.1, -0.05) is 11.8 Å². The van der Waals surface area contributed by atoms with E-state index in [4.69, 9.17) is 0 Å². The second kappa shape index (κ2) is 4.14. The molecule has 5 heteroatoms. The number of pyridine rings is 1. The van der Waals surface area contributed by atoms with Crippen LogP contribution >= 0.6 is 27.7 Å². The van der Waals surface area contributed by atoms with Crippen LogP contribution in [0.1, 0.15) is 0 Å². The summed E-state index contributed by atoms with van der Waals surface area (Å²) in [7, 11) is 1.98. The monoisotopic (exact) mass is 269 g/mol. The van der Waals surface area contributed by atoms with Crippen LogP contribution in [0.15, 0.2) is 45.4 Å². The fourth-order valence-corrected chi connectivity index (χ4v) is 2.28. The van der Waals surface area contributed by atoms with Crippen molar-refractivity contribution in [1.29, 1.82) is 0 Å². The lowest BCUT2D eigenvalue weighted by Gasteiger charge is -2.02. The van der Waals surface area contributed by atoms with Gasteiger partial charge in [0.25, 0.3) is 0 Å². The van der Waals surface area contributed by atoms with E-state index in [1.807, 2.05) is 23.9 Å². The summed E-state index contributed by atoms with van der Waals surface area (Å²) in [5.74, 6) is 0. The molecule has 0 aliphatic heterocycles. The molecule has 0 spiro atoms. The number of rotatable bonds is 2. The molecule has 0 radical (unpaired) electrons. The van der Waals surface area contributed by atoms with Crippen LogP contribution in [-0.2, 0) is 7.05 Å². The molecule has 2 aromatic rings. The lowest BCUT2D eigenvalue weighted by atomic mass is 10.5. The Kier molecular flexibility index (Phi) is 2.88. The number of hydrogen-bond donors (Lipinski definition) is 0. The Labute approximate surface area is 94.7 Å². The Hall–Kier alpha value is -0.810. The summed E-state index contributed by atoms with van der Waals surface area (Å²) in [5.41, 5.74) is 0. The molecule has 72 valence electrons. The maximum absolute atomic E-state index is 4.24. The van der Waals surface area contributed by atoms with Crippen molar-refractivity contribution < 1.29 is 0 Å². The lowest BCUT2D eigenvalue weighted by molar-refractivity contribution is 0.790. The third-order valence-electron chi connectivity index (χ3n) is 1.71. The topological polar surface area (TPSA) is 30.7 Å². The minimum absolute atomic E-state index is 0.969. The van der Waals surface area contributed by atoms with Gasteiger partial charge in [-0.25, -0.2) is 4.98 Å². The van der Waals surface area contributed by atoms with Crippen molar-refractivity contribution in [1.82, 2.24) is 14.5 Å². The molecule has 0 atom stereocenters. The summed E-state index contributed by atoms with van der Waals surface area (Å²) in [6, 6.07) is 1.96. The maximum atomic E-state index is 4.24. The molecule has 0 fully saturated rings. The molecule has 0 saturated heterocycles. The first kappa shape index (κ1) is 9.73. The molecule has 3 nitrogen and oxygen atoms in total. The van der Waals surface area contributed by atoms with Crippen LogP contribution in [0.4, 0.5) is 0 Å². The van der Waals surface area contributed by atoms with Gasteiger partial charge in [0.2, 0.25) is 0 Å². The van der Waals surface area contributed by atoms with Crippen molar-refractivity contribution >= 4 is 27.7 Å². The van der Waals surface area contributed by atoms with Gasteiger partial charge in [0, 0.05) is 41.2 Å². The van der Waals surface area contributed by atoms with Crippen LogP contribution in [0.3, 0.4) is 0 Å². The molecule has 0 N–H and O–H groups in total. The van der Waals surface area contributed by atoms with Crippen LogP contribution in [0.2, 0.25) is 0 Å². The zero-order valence-corrected chi connectivity index (χ0v) is 9.92. The van der Waals surface area contributed by atoms with Gasteiger partial charge < -0.3 is 4.57 Å². The molecule has 0 aromatic carbocycles. The average Bonchev–Trinajstić information content (AvgIpc) is 2.56. The third kappa shape index (κ3) is 1.99. The van der Waals surface area contributed by atoms with E-state index in [0.29, 0.717) is 0 Å². The highest BCUT2D eigenvalue weighted by Crippen LogP contribution is 2.31. The Morgan fingerprint density at radius 2 is 2.29 bits per heavy atom. The quantitative estimate of drug-likeness (QED) is 0.840. The predicted molar refractivity (Wildman–Crippen MR) is 59.3 cm³/mol. The van der Waals surface area contributed by atoms with Crippen LogP contribution in [0.5, 0.6) is 0 Å². The number of imidazole rings is 1. The van der Waals surface area contributed by atoms with Gasteiger partial charge in [-0.2, -0.15) is 0 Å². The minimum atomic E-state index is 0.969. The summed E-state index contributed by atoms with van der Waals surface area (Å²) in [4.78, 5) is 9.37. The van der Waals surface area contributed by atoms with Gasteiger partial charge in [0.05, 0.1) is 0 Å². The van der Waals surface area contributed by atoms with Crippen LogP contribution in [0.25, 0.3) is 0 Å². The van der Waals surface area contributed by atoms with E-state index >= 15 is 0 Å². The number of halogens is 1. The number of aryl methyl sites for hydroxylation is 1. The second-order valence-corrected chi connectivity index (χ2v) is 4.59. The van der Waals surface area contributed by atoms with Gasteiger partial charge in [0.15, 0.2) is 5.16 Å². The Morgan fingerprint density at radius 3 is 2.93 bits per heavy atom. The largest absolute Gasteiger partial charge is 0.329 e. The van der Waals surface area contributed by atoms with Crippen molar-refractivity contribution in [3.8, 4) is 0 Å². The summed E-state index contributed by atoms with van der Waals surface area (Å²) in [5, 5.41) is 0.969. The summed E-state index contributed by atoms with van der Waals surface area (Å²) >= 11 is 5.06. The minimum Gasteiger partial charge on any atom is -0.329 e. The lowest BCUT2D eigenvalue weighted by Crippen LogP contribution is -1.88. The predicted octanol–water partition coefficient (Wildman–Crippen LogP) is 2.73. The van der Waals surface area contributed by atoms with Crippen molar-refractivity contribution in [2.24, 2.45) is 7.05 Å². The number of aromatic nitrogens is 3. The van der Waals surface area contributed by atoms with E-state index in [0.717, 1.165) is 14.5 Å². The molecule has 14 heavy (non-hydrogen) atoms. The molecular formula is C9H8BrN3S. The zero-order chi connectivity index (χ0) is 9.97. The number of nitrogens with zero attached hydrogens (tertiary/aromatic N) is 3. The van der Waals surface area contributed by atoms with Crippen LogP contribution < -0.4 is 0 Å². The standard InChI is InChI=1S/C9H8BrN3S/c1-13-5-4-12-9(13)14-8-2-3-11-6-7(8)10/h2-6H,1H3. The van der Waals surface area contributed by atoms with Crippen molar-refractivity contribution in [3.63, 3.8) is 0 Å². The molecule has 0 aliphatic rings. The van der Waals surface area contributed by atoms with Gasteiger partial charge >= 0.3 is 0 Å². The van der Waals surface area contributed by atoms with Crippen molar-refractivity contribution in [2.45, 2.75) is 10.1 Å². The third-order valence-corrected chi connectivity index (χ3v) is 3.76. The van der Waals surface area contributed by atoms with Gasteiger partial charge in [0.1, 0.15) is 0 Å². The second-order valence-electron chi connectivity index (χ2n) is 2.73. The van der Waals surface area contributed by atoms with Gasteiger partial charge in [-0.3, -0.25) is 4.98 Å². The molecule has 0 unspecified atom stereocenters. The average molecular weight is 270 g/mol. The fourth-order valence-electron chi connectivity index (χ4n) is 0.994. The van der Waals surface area contributed by atoms with E-state index in [1.165, 1.54) is 0 Å². The first-order valence-corrected chi connectivity index (χ1v) is 5.63.